The molecule has 0 aliphatic carbocycles. The fraction of sp³-hybridized carbons (Fsp3) is 0.133. The van der Waals surface area contributed by atoms with Gasteiger partial charge in [-0.3, -0.25) is 4.79 Å². The van der Waals surface area contributed by atoms with Crippen LogP contribution in [0.1, 0.15) is 11.1 Å². The average molecular weight is 528 g/mol. The molecule has 0 aliphatic rings. The third-order valence-electron chi connectivity index (χ3n) is 5.96. The number of hydrogen-bond donors (Lipinski definition) is 3. The number of urea groups is 1. The van der Waals surface area contributed by atoms with E-state index in [1.807, 2.05) is 49.4 Å². The summed E-state index contributed by atoms with van der Waals surface area (Å²) in [6, 6.07) is 29.2. The second kappa shape index (κ2) is 11.7. The van der Waals surface area contributed by atoms with Crippen molar-refractivity contribution in [1.29, 1.82) is 0 Å². The van der Waals surface area contributed by atoms with Gasteiger partial charge in [0.1, 0.15) is 6.04 Å². The van der Waals surface area contributed by atoms with Crippen LogP contribution in [0.5, 0.6) is 0 Å². The Morgan fingerprint density at radius 1 is 0.737 bits per heavy atom. The fourth-order valence-electron chi connectivity index (χ4n) is 4.01. The maximum absolute atomic E-state index is 13.3. The van der Waals surface area contributed by atoms with Crippen LogP contribution >= 0.6 is 0 Å². The van der Waals surface area contributed by atoms with Crippen LogP contribution in [-0.4, -0.2) is 32.7 Å². The first-order valence-corrected chi connectivity index (χ1v) is 14.0. The first-order valence-electron chi connectivity index (χ1n) is 12.1. The lowest BCUT2D eigenvalue weighted by Crippen LogP contribution is -2.46. The van der Waals surface area contributed by atoms with E-state index < -0.39 is 21.9 Å². The van der Waals surface area contributed by atoms with E-state index in [1.165, 1.54) is 6.26 Å². The molecule has 194 valence electrons. The van der Waals surface area contributed by atoms with E-state index in [-0.39, 0.29) is 10.8 Å². The number of benzene rings is 4. The second-order valence-corrected chi connectivity index (χ2v) is 11.0. The first-order chi connectivity index (χ1) is 18.2. The summed E-state index contributed by atoms with van der Waals surface area (Å²) in [7, 11) is -3.40. The topological polar surface area (TPSA) is 104 Å². The molecule has 4 aromatic carbocycles. The molecule has 0 bridgehead atoms. The van der Waals surface area contributed by atoms with Gasteiger partial charge in [-0.1, -0.05) is 78.4 Å². The zero-order valence-electron chi connectivity index (χ0n) is 21.1. The highest BCUT2D eigenvalue weighted by Crippen LogP contribution is 2.28. The molecule has 4 rings (SSSR count). The van der Waals surface area contributed by atoms with E-state index in [1.54, 1.807) is 60.7 Å². The van der Waals surface area contributed by atoms with Crippen LogP contribution in [0.25, 0.3) is 11.1 Å². The molecule has 3 N–H and O–H groups in total. The SMILES string of the molecule is Cc1ccc(NC(=O)N[C@H](Cc2ccccc2)C(=O)Nc2ccc(-c3ccccc3S(C)(=O)=O)cc2)cc1. The van der Waals surface area contributed by atoms with Crippen LogP contribution < -0.4 is 16.0 Å². The Kier molecular flexibility index (Phi) is 8.23. The van der Waals surface area contributed by atoms with E-state index >= 15 is 0 Å². The summed E-state index contributed by atoms with van der Waals surface area (Å²) in [6.45, 7) is 1.96. The predicted octanol–water partition coefficient (Wildman–Crippen LogP) is 5.44. The minimum atomic E-state index is -3.40. The summed E-state index contributed by atoms with van der Waals surface area (Å²) < 4.78 is 24.4. The molecule has 1 atom stereocenters. The second-order valence-electron chi connectivity index (χ2n) is 9.04. The zero-order valence-corrected chi connectivity index (χ0v) is 22.0. The van der Waals surface area contributed by atoms with Gasteiger partial charge in [-0.15, -0.1) is 0 Å². The monoisotopic (exact) mass is 527 g/mol. The Morgan fingerprint density at radius 2 is 1.32 bits per heavy atom. The Hall–Kier alpha value is -4.43. The van der Waals surface area contributed by atoms with Crippen LogP contribution in [0.2, 0.25) is 0 Å². The van der Waals surface area contributed by atoms with E-state index in [0.717, 1.165) is 11.1 Å². The first kappa shape index (κ1) is 26.6. The number of amides is 3. The molecule has 0 heterocycles. The quantitative estimate of drug-likeness (QED) is 0.284. The van der Waals surface area contributed by atoms with Crippen molar-refractivity contribution >= 4 is 33.2 Å². The lowest BCUT2D eigenvalue weighted by molar-refractivity contribution is -0.117. The molecule has 8 heteroatoms. The number of sulfone groups is 1. The Balaban J connectivity index is 1.50. The minimum absolute atomic E-state index is 0.239. The number of nitrogens with one attached hydrogen (secondary N) is 3. The number of anilines is 2. The smallest absolute Gasteiger partial charge is 0.319 e. The fourth-order valence-corrected chi connectivity index (χ4v) is 4.92. The van der Waals surface area contributed by atoms with Crippen LogP contribution in [0.15, 0.2) is 108 Å². The van der Waals surface area contributed by atoms with Gasteiger partial charge in [-0.25, -0.2) is 13.2 Å². The van der Waals surface area contributed by atoms with Gasteiger partial charge in [-0.05, 0) is 48.4 Å². The van der Waals surface area contributed by atoms with Gasteiger partial charge in [0.15, 0.2) is 9.84 Å². The maximum Gasteiger partial charge on any atom is 0.319 e. The molecule has 4 aromatic rings. The molecule has 0 fully saturated rings. The molecule has 0 spiro atoms. The van der Waals surface area contributed by atoms with Crippen LogP contribution in [-0.2, 0) is 21.1 Å². The maximum atomic E-state index is 13.3. The van der Waals surface area contributed by atoms with Crippen molar-refractivity contribution in [2.45, 2.75) is 24.3 Å². The lowest BCUT2D eigenvalue weighted by atomic mass is 10.0. The van der Waals surface area contributed by atoms with E-state index in [2.05, 4.69) is 16.0 Å². The van der Waals surface area contributed by atoms with Gasteiger partial charge in [0.05, 0.1) is 4.90 Å². The van der Waals surface area contributed by atoms with Crippen molar-refractivity contribution in [3.8, 4) is 11.1 Å². The largest absolute Gasteiger partial charge is 0.326 e. The van der Waals surface area contributed by atoms with E-state index in [4.69, 9.17) is 0 Å². The summed E-state index contributed by atoms with van der Waals surface area (Å²) in [5, 5.41) is 8.41. The van der Waals surface area contributed by atoms with Gasteiger partial charge in [0, 0.05) is 29.6 Å². The van der Waals surface area contributed by atoms with Crippen LogP contribution in [0.3, 0.4) is 0 Å². The third-order valence-corrected chi connectivity index (χ3v) is 7.12. The van der Waals surface area contributed by atoms with Crippen LogP contribution in [0.4, 0.5) is 16.2 Å². The van der Waals surface area contributed by atoms with Crippen molar-refractivity contribution in [3.63, 3.8) is 0 Å². The molecule has 0 aliphatic heterocycles. The van der Waals surface area contributed by atoms with Gasteiger partial charge in [-0.2, -0.15) is 0 Å². The molecule has 0 saturated carbocycles. The van der Waals surface area contributed by atoms with Gasteiger partial charge >= 0.3 is 6.03 Å². The number of rotatable bonds is 8. The minimum Gasteiger partial charge on any atom is -0.326 e. The van der Waals surface area contributed by atoms with Crippen molar-refractivity contribution in [2.24, 2.45) is 0 Å². The standard InChI is InChI=1S/C30H29N3O4S/c1-21-12-16-25(17-13-21)32-30(35)33-27(20-22-8-4-3-5-9-22)29(34)31-24-18-14-23(15-19-24)26-10-6-7-11-28(26)38(2,36)37/h3-19,27H,20H2,1-2H3,(H,31,34)(H2,32,33,35)/t27-/m1/s1. The third kappa shape index (κ3) is 7.08. The molecule has 0 unspecified atom stereocenters. The van der Waals surface area contributed by atoms with Crippen molar-refractivity contribution in [2.75, 3.05) is 16.9 Å². The highest BCUT2D eigenvalue weighted by Gasteiger charge is 2.22. The zero-order chi connectivity index (χ0) is 27.1. The Labute approximate surface area is 222 Å². The number of carbonyl (C=O) groups excluding carboxylic acids is 2. The summed E-state index contributed by atoms with van der Waals surface area (Å²) in [6.07, 6.45) is 1.48. The molecular formula is C30H29N3O4S. The summed E-state index contributed by atoms with van der Waals surface area (Å²) in [5.74, 6) is -0.378. The lowest BCUT2D eigenvalue weighted by Gasteiger charge is -2.19. The predicted molar refractivity (Wildman–Crippen MR) is 151 cm³/mol. The molecular weight excluding hydrogens is 498 g/mol. The van der Waals surface area contributed by atoms with Gasteiger partial charge in [0.25, 0.3) is 0 Å². The summed E-state index contributed by atoms with van der Waals surface area (Å²) in [5.41, 5.74) is 4.41. The van der Waals surface area contributed by atoms with E-state index in [0.29, 0.717) is 28.9 Å². The normalized spacial score (nSPS) is 11.8. The summed E-state index contributed by atoms with van der Waals surface area (Å²) >= 11 is 0. The average Bonchev–Trinajstić information content (AvgIpc) is 2.90. The van der Waals surface area contributed by atoms with E-state index in [9.17, 15) is 18.0 Å². The number of aryl methyl sites for hydroxylation is 1. The van der Waals surface area contributed by atoms with Crippen molar-refractivity contribution < 1.29 is 18.0 Å². The number of hydrogen-bond acceptors (Lipinski definition) is 4. The van der Waals surface area contributed by atoms with Gasteiger partial charge < -0.3 is 16.0 Å². The molecule has 0 saturated heterocycles. The molecule has 0 radical (unpaired) electrons. The Bertz CT molecular complexity index is 1520. The van der Waals surface area contributed by atoms with Crippen molar-refractivity contribution in [3.05, 3.63) is 114 Å². The van der Waals surface area contributed by atoms with Gasteiger partial charge in [0.2, 0.25) is 5.91 Å². The molecule has 0 aromatic heterocycles. The molecule has 38 heavy (non-hydrogen) atoms. The highest BCUT2D eigenvalue weighted by molar-refractivity contribution is 7.90. The number of carbonyl (C=O) groups is 2. The molecule has 3 amide bonds. The molecule has 7 nitrogen and oxygen atoms in total. The van der Waals surface area contributed by atoms with Crippen LogP contribution in [0, 0.1) is 6.92 Å². The summed E-state index contributed by atoms with van der Waals surface area (Å²) in [4.78, 5) is 26.2. The highest BCUT2D eigenvalue weighted by atomic mass is 32.2. The Morgan fingerprint density at radius 3 is 1.97 bits per heavy atom. The van der Waals surface area contributed by atoms with Crippen molar-refractivity contribution in [1.82, 2.24) is 5.32 Å².